The molecule has 0 aliphatic carbocycles. The second-order valence-electron chi connectivity index (χ2n) is 5.37. The fourth-order valence-corrected chi connectivity index (χ4v) is 2.25. The van der Waals surface area contributed by atoms with Crippen molar-refractivity contribution in [1.29, 1.82) is 0 Å². The van der Waals surface area contributed by atoms with E-state index in [4.69, 9.17) is 9.47 Å². The first-order valence-electron chi connectivity index (χ1n) is 8.08. The number of nitrogens with zero attached hydrogens (tertiary/aromatic N) is 1. The molecule has 2 amide bonds. The van der Waals surface area contributed by atoms with E-state index in [9.17, 15) is 19.7 Å². The lowest BCUT2D eigenvalue weighted by molar-refractivity contribution is -0.384. The number of likely N-dealkylation sites (N-methyl/N-ethyl adjacent to an activating group) is 1. The molecule has 0 bridgehead atoms. The molecule has 2 aromatic rings. The minimum absolute atomic E-state index is 0.0281. The van der Waals surface area contributed by atoms with Crippen LogP contribution in [0.15, 0.2) is 42.5 Å². The van der Waals surface area contributed by atoms with E-state index in [0.29, 0.717) is 18.0 Å². The Bertz CT molecular complexity index is 853. The summed E-state index contributed by atoms with van der Waals surface area (Å²) in [7, 11) is 1.37. The number of hydrogen-bond acceptors (Lipinski definition) is 6. The van der Waals surface area contributed by atoms with Gasteiger partial charge in [0.15, 0.2) is 6.61 Å². The predicted molar refractivity (Wildman–Crippen MR) is 98.2 cm³/mol. The molecule has 0 heterocycles. The van der Waals surface area contributed by atoms with Crippen LogP contribution in [0.25, 0.3) is 0 Å². The third-order valence-electron chi connectivity index (χ3n) is 3.47. The van der Waals surface area contributed by atoms with Gasteiger partial charge in [0, 0.05) is 30.4 Å². The van der Waals surface area contributed by atoms with Crippen molar-refractivity contribution in [2.45, 2.75) is 6.92 Å². The van der Waals surface area contributed by atoms with Crippen LogP contribution < -0.4 is 20.1 Å². The van der Waals surface area contributed by atoms with Crippen LogP contribution in [-0.2, 0) is 4.79 Å². The van der Waals surface area contributed by atoms with E-state index in [1.807, 2.05) is 0 Å². The highest BCUT2D eigenvalue weighted by Crippen LogP contribution is 2.25. The Hall–Kier alpha value is -3.62. The van der Waals surface area contributed by atoms with Crippen LogP contribution >= 0.6 is 0 Å². The zero-order valence-electron chi connectivity index (χ0n) is 14.9. The number of carbonyl (C=O) groups is 2. The Morgan fingerprint density at radius 3 is 2.63 bits per heavy atom. The van der Waals surface area contributed by atoms with Gasteiger partial charge in [0.25, 0.3) is 17.5 Å². The maximum absolute atomic E-state index is 12.5. The van der Waals surface area contributed by atoms with Crippen LogP contribution in [0.4, 0.5) is 11.4 Å². The summed E-state index contributed by atoms with van der Waals surface area (Å²) in [6.07, 6.45) is 0. The van der Waals surface area contributed by atoms with Crippen molar-refractivity contribution in [2.24, 2.45) is 0 Å². The van der Waals surface area contributed by atoms with Gasteiger partial charge in [-0.3, -0.25) is 19.7 Å². The fraction of sp³-hybridized carbons (Fsp3) is 0.222. The number of ether oxygens (including phenoxy) is 2. The highest BCUT2D eigenvalue weighted by atomic mass is 16.6. The first-order valence-corrected chi connectivity index (χ1v) is 8.08. The lowest BCUT2D eigenvalue weighted by Gasteiger charge is -2.11. The van der Waals surface area contributed by atoms with E-state index in [1.165, 1.54) is 19.2 Å². The van der Waals surface area contributed by atoms with Crippen molar-refractivity contribution in [2.75, 3.05) is 25.6 Å². The quantitative estimate of drug-likeness (QED) is 0.541. The Morgan fingerprint density at radius 1 is 1.19 bits per heavy atom. The summed E-state index contributed by atoms with van der Waals surface area (Å²) in [5, 5.41) is 16.2. The molecule has 0 aliphatic rings. The van der Waals surface area contributed by atoms with Gasteiger partial charge in [0.2, 0.25) is 0 Å². The van der Waals surface area contributed by atoms with Crippen LogP contribution in [0.1, 0.15) is 17.3 Å². The Labute approximate surface area is 155 Å². The van der Waals surface area contributed by atoms with Gasteiger partial charge < -0.3 is 20.1 Å². The maximum Gasteiger partial charge on any atom is 0.270 e. The molecule has 9 nitrogen and oxygen atoms in total. The van der Waals surface area contributed by atoms with Crippen molar-refractivity contribution in [3.8, 4) is 11.5 Å². The number of amides is 2. The smallest absolute Gasteiger partial charge is 0.270 e. The fourth-order valence-electron chi connectivity index (χ4n) is 2.25. The largest absolute Gasteiger partial charge is 0.496 e. The number of rotatable bonds is 8. The molecule has 2 rings (SSSR count). The van der Waals surface area contributed by atoms with E-state index in [2.05, 4.69) is 10.6 Å². The monoisotopic (exact) mass is 373 g/mol. The molecular weight excluding hydrogens is 354 g/mol. The molecule has 0 saturated heterocycles. The number of methoxy groups -OCH3 is 1. The summed E-state index contributed by atoms with van der Waals surface area (Å²) in [5.74, 6) is -0.225. The zero-order valence-corrected chi connectivity index (χ0v) is 14.9. The van der Waals surface area contributed by atoms with Crippen molar-refractivity contribution in [3.05, 3.63) is 58.1 Å². The lowest BCUT2D eigenvalue weighted by atomic mass is 10.1. The molecule has 0 unspecified atom stereocenters. The SMILES string of the molecule is CCNC(=O)COc1cccc(NC(=O)c2cc([N+](=O)[O-])ccc2OC)c1. The molecule has 142 valence electrons. The van der Waals surface area contributed by atoms with E-state index >= 15 is 0 Å². The standard InChI is InChI=1S/C18H19N3O6/c1-3-19-17(22)11-27-14-6-4-5-12(9-14)20-18(23)15-10-13(21(24)25)7-8-16(15)26-2/h4-10H,3,11H2,1-2H3,(H,19,22)(H,20,23). The highest BCUT2D eigenvalue weighted by molar-refractivity contribution is 6.06. The number of anilines is 1. The van der Waals surface area contributed by atoms with Crippen LogP contribution in [0, 0.1) is 10.1 Å². The summed E-state index contributed by atoms with van der Waals surface area (Å²) < 4.78 is 10.5. The van der Waals surface area contributed by atoms with E-state index in [-0.39, 0.29) is 29.5 Å². The Balaban J connectivity index is 2.14. The second kappa shape index (κ2) is 9.18. The van der Waals surface area contributed by atoms with Gasteiger partial charge in [0.05, 0.1) is 17.6 Å². The number of nitro benzene ring substituents is 1. The van der Waals surface area contributed by atoms with E-state index in [0.717, 1.165) is 6.07 Å². The second-order valence-corrected chi connectivity index (χ2v) is 5.37. The molecule has 9 heteroatoms. The summed E-state index contributed by atoms with van der Waals surface area (Å²) in [6.45, 7) is 2.16. The summed E-state index contributed by atoms with van der Waals surface area (Å²) in [5.41, 5.74) is 0.210. The molecule has 0 aromatic heterocycles. The normalized spacial score (nSPS) is 10.0. The number of nitro groups is 1. The molecule has 0 saturated carbocycles. The highest BCUT2D eigenvalue weighted by Gasteiger charge is 2.18. The van der Waals surface area contributed by atoms with Gasteiger partial charge in [-0.2, -0.15) is 0 Å². The van der Waals surface area contributed by atoms with Crippen molar-refractivity contribution in [3.63, 3.8) is 0 Å². The molecule has 0 spiro atoms. The third-order valence-corrected chi connectivity index (χ3v) is 3.47. The average molecular weight is 373 g/mol. The number of non-ortho nitro benzene ring substituents is 1. The van der Waals surface area contributed by atoms with Crippen LogP contribution in [-0.4, -0.2) is 37.0 Å². The molecule has 27 heavy (non-hydrogen) atoms. The van der Waals surface area contributed by atoms with Gasteiger partial charge >= 0.3 is 0 Å². The van der Waals surface area contributed by atoms with Crippen LogP contribution in [0.3, 0.4) is 0 Å². The summed E-state index contributed by atoms with van der Waals surface area (Å²) >= 11 is 0. The molecule has 2 N–H and O–H groups in total. The third kappa shape index (κ3) is 5.43. The summed E-state index contributed by atoms with van der Waals surface area (Å²) in [4.78, 5) is 34.3. The lowest BCUT2D eigenvalue weighted by Crippen LogP contribution is -2.28. The predicted octanol–water partition coefficient (Wildman–Crippen LogP) is 2.37. The molecule has 0 radical (unpaired) electrons. The van der Waals surface area contributed by atoms with Crippen molar-refractivity contribution >= 4 is 23.2 Å². The molecule has 0 atom stereocenters. The number of nitrogens with one attached hydrogen (secondary N) is 2. The number of hydrogen-bond donors (Lipinski definition) is 2. The van der Waals surface area contributed by atoms with Gasteiger partial charge in [-0.1, -0.05) is 6.07 Å². The minimum atomic E-state index is -0.591. The average Bonchev–Trinajstić information content (AvgIpc) is 2.66. The van der Waals surface area contributed by atoms with Gasteiger partial charge in [0.1, 0.15) is 11.5 Å². The van der Waals surface area contributed by atoms with Crippen LogP contribution in [0.5, 0.6) is 11.5 Å². The number of carbonyl (C=O) groups excluding carboxylic acids is 2. The van der Waals surface area contributed by atoms with E-state index in [1.54, 1.807) is 31.2 Å². The molecule has 0 aliphatic heterocycles. The topological polar surface area (TPSA) is 120 Å². The zero-order chi connectivity index (χ0) is 19.8. The summed E-state index contributed by atoms with van der Waals surface area (Å²) in [6, 6.07) is 10.2. The molecular formula is C18H19N3O6. The minimum Gasteiger partial charge on any atom is -0.496 e. The van der Waals surface area contributed by atoms with Gasteiger partial charge in [-0.05, 0) is 25.1 Å². The van der Waals surface area contributed by atoms with Crippen LogP contribution in [0.2, 0.25) is 0 Å². The maximum atomic E-state index is 12.5. The first kappa shape index (κ1) is 19.7. The molecule has 0 fully saturated rings. The Kier molecular flexibility index (Phi) is 6.70. The Morgan fingerprint density at radius 2 is 1.96 bits per heavy atom. The van der Waals surface area contributed by atoms with Crippen molar-refractivity contribution in [1.82, 2.24) is 5.32 Å². The number of benzene rings is 2. The van der Waals surface area contributed by atoms with Gasteiger partial charge in [-0.25, -0.2) is 0 Å². The van der Waals surface area contributed by atoms with Crippen molar-refractivity contribution < 1.29 is 24.0 Å². The van der Waals surface area contributed by atoms with Gasteiger partial charge in [-0.15, -0.1) is 0 Å². The molecule has 2 aromatic carbocycles. The first-order chi connectivity index (χ1) is 12.9. The van der Waals surface area contributed by atoms with E-state index < -0.39 is 10.8 Å².